The van der Waals surface area contributed by atoms with Crippen LogP contribution in [0.1, 0.15) is 122 Å². The normalized spacial score (nSPS) is 14.8. The molecule has 1 heterocycles. The number of carbonyl (C=O) groups is 3. The zero-order valence-corrected chi connectivity index (χ0v) is 26.5. The Bertz CT molecular complexity index is 836. The highest BCUT2D eigenvalue weighted by Crippen LogP contribution is 2.28. The number of nitrogens with one attached hydrogen (secondary N) is 3. The molecule has 0 aliphatic heterocycles. The summed E-state index contributed by atoms with van der Waals surface area (Å²) >= 11 is 0. The van der Waals surface area contributed by atoms with E-state index >= 15 is 0 Å². The minimum atomic E-state index is -0.231. The van der Waals surface area contributed by atoms with E-state index in [0.717, 1.165) is 19.3 Å². The number of anilines is 3. The van der Waals surface area contributed by atoms with Gasteiger partial charge in [0, 0.05) is 19.3 Å². The lowest BCUT2D eigenvalue weighted by Gasteiger charge is -2.23. The first-order chi connectivity index (χ1) is 17.6. The average molecular weight is 547 g/mol. The molecule has 3 N–H and O–H groups in total. The van der Waals surface area contributed by atoms with Crippen LogP contribution in [-0.2, 0) is 14.4 Å². The fraction of sp³-hybridized carbons (Fsp3) is 0.800. The van der Waals surface area contributed by atoms with Crippen molar-refractivity contribution in [1.29, 1.82) is 0 Å². The minimum absolute atomic E-state index is 0.00552. The molecule has 39 heavy (non-hydrogen) atoms. The van der Waals surface area contributed by atoms with Crippen molar-refractivity contribution < 1.29 is 14.4 Å². The molecule has 0 aliphatic carbocycles. The van der Waals surface area contributed by atoms with Gasteiger partial charge in [0.15, 0.2) is 0 Å². The molecule has 222 valence electrons. The Kier molecular flexibility index (Phi) is 12.5. The minimum Gasteiger partial charge on any atom is -0.294 e. The first kappa shape index (κ1) is 34.4. The Balaban J connectivity index is 3.05. The molecule has 1 aromatic heterocycles. The molecule has 0 aliphatic rings. The van der Waals surface area contributed by atoms with Crippen LogP contribution in [0.25, 0.3) is 0 Å². The van der Waals surface area contributed by atoms with Gasteiger partial charge in [0.05, 0.1) is 0 Å². The maximum atomic E-state index is 12.7. The van der Waals surface area contributed by atoms with Gasteiger partial charge in [-0.15, -0.1) is 0 Å². The molecule has 0 radical (unpaired) electrons. The van der Waals surface area contributed by atoms with Crippen LogP contribution in [0, 0.1) is 34.0 Å². The van der Waals surface area contributed by atoms with E-state index in [4.69, 9.17) is 0 Å². The summed E-state index contributed by atoms with van der Waals surface area (Å²) in [5.74, 6) is -0.214. The van der Waals surface area contributed by atoms with E-state index in [0.29, 0.717) is 19.3 Å². The molecular formula is C30H54N6O3. The second-order valence-corrected chi connectivity index (χ2v) is 15.2. The van der Waals surface area contributed by atoms with Crippen LogP contribution in [0.3, 0.4) is 0 Å². The van der Waals surface area contributed by atoms with Gasteiger partial charge < -0.3 is 0 Å². The van der Waals surface area contributed by atoms with Crippen LogP contribution in [0.2, 0.25) is 0 Å². The molecule has 1 aromatic rings. The summed E-state index contributed by atoms with van der Waals surface area (Å²) in [7, 11) is 0. The quantitative estimate of drug-likeness (QED) is 0.257. The van der Waals surface area contributed by atoms with Crippen molar-refractivity contribution in [1.82, 2.24) is 15.0 Å². The first-order valence-corrected chi connectivity index (χ1v) is 14.3. The third-order valence-electron chi connectivity index (χ3n) is 5.87. The molecule has 0 saturated carbocycles. The number of aromatic nitrogens is 3. The van der Waals surface area contributed by atoms with Crippen LogP contribution in [0.15, 0.2) is 0 Å². The molecule has 3 unspecified atom stereocenters. The van der Waals surface area contributed by atoms with Gasteiger partial charge in [0.2, 0.25) is 35.6 Å². The first-order valence-electron chi connectivity index (χ1n) is 14.3. The van der Waals surface area contributed by atoms with Gasteiger partial charge in [0.25, 0.3) is 0 Å². The van der Waals surface area contributed by atoms with E-state index < -0.39 is 0 Å². The standard InChI is InChI=1S/C30H54N6O3/c1-19(16-28(4,5)6)13-22(37)31-25-34-26(32-23(38)14-20(2)17-29(7,8)9)36-27(35-25)33-24(39)15-21(3)18-30(10,11)12/h19-21H,13-18H2,1-12H3,(H3,31,32,33,34,35,36,37,38,39). The molecule has 3 atom stereocenters. The van der Waals surface area contributed by atoms with E-state index in [1.807, 2.05) is 20.8 Å². The largest absolute Gasteiger partial charge is 0.294 e. The number of carbonyl (C=O) groups excluding carboxylic acids is 3. The highest BCUT2D eigenvalue weighted by molar-refractivity contribution is 5.92. The number of rotatable bonds is 12. The van der Waals surface area contributed by atoms with Crippen molar-refractivity contribution in [2.45, 2.75) is 122 Å². The third kappa shape index (κ3) is 16.9. The van der Waals surface area contributed by atoms with Crippen molar-refractivity contribution in [2.75, 3.05) is 16.0 Å². The molecule has 0 saturated heterocycles. The van der Waals surface area contributed by atoms with Crippen LogP contribution >= 0.6 is 0 Å². The van der Waals surface area contributed by atoms with Crippen LogP contribution < -0.4 is 16.0 Å². The molecule has 3 amide bonds. The van der Waals surface area contributed by atoms with E-state index in [1.54, 1.807) is 0 Å². The lowest BCUT2D eigenvalue weighted by molar-refractivity contribution is -0.118. The Labute approximate surface area is 236 Å². The van der Waals surface area contributed by atoms with Gasteiger partial charge >= 0.3 is 0 Å². The zero-order chi connectivity index (χ0) is 30.2. The summed E-state index contributed by atoms with van der Waals surface area (Å²) in [5, 5.41) is 8.18. The smallest absolute Gasteiger partial charge is 0.236 e. The zero-order valence-electron chi connectivity index (χ0n) is 26.5. The predicted molar refractivity (Wildman–Crippen MR) is 159 cm³/mol. The van der Waals surface area contributed by atoms with E-state index in [1.165, 1.54) is 0 Å². The summed E-state index contributed by atoms with van der Waals surface area (Å²) < 4.78 is 0. The maximum Gasteiger partial charge on any atom is 0.236 e. The highest BCUT2D eigenvalue weighted by Gasteiger charge is 2.22. The summed E-state index contributed by atoms with van der Waals surface area (Å²) in [4.78, 5) is 51.0. The fourth-order valence-corrected chi connectivity index (χ4v) is 5.37. The molecule has 0 aromatic carbocycles. The summed E-state index contributed by atoms with van der Waals surface area (Å²) in [6.45, 7) is 25.4. The van der Waals surface area contributed by atoms with Gasteiger partial charge in [0.1, 0.15) is 0 Å². The summed E-state index contributed by atoms with van der Waals surface area (Å²) in [5.41, 5.74) is 0.321. The Morgan fingerprint density at radius 2 is 0.718 bits per heavy atom. The maximum absolute atomic E-state index is 12.7. The van der Waals surface area contributed by atoms with Crippen molar-refractivity contribution >= 4 is 35.6 Å². The molecule has 0 bridgehead atoms. The Morgan fingerprint density at radius 1 is 0.513 bits per heavy atom. The SMILES string of the molecule is CC(CC(=O)Nc1nc(NC(=O)CC(C)CC(C)(C)C)nc(NC(=O)CC(C)CC(C)(C)C)n1)CC(C)(C)C. The van der Waals surface area contributed by atoms with Crippen molar-refractivity contribution in [3.63, 3.8) is 0 Å². The summed E-state index contributed by atoms with van der Waals surface area (Å²) in [6.07, 6.45) is 3.59. The fourth-order valence-electron chi connectivity index (χ4n) is 5.37. The average Bonchev–Trinajstić information content (AvgIpc) is 2.61. The lowest BCUT2D eigenvalue weighted by Crippen LogP contribution is -2.24. The van der Waals surface area contributed by atoms with Crippen LogP contribution in [0.4, 0.5) is 17.8 Å². The topological polar surface area (TPSA) is 126 Å². The number of nitrogens with zero attached hydrogens (tertiary/aromatic N) is 3. The number of hydrogen-bond donors (Lipinski definition) is 3. The Morgan fingerprint density at radius 3 is 0.897 bits per heavy atom. The van der Waals surface area contributed by atoms with Gasteiger partial charge in [-0.1, -0.05) is 83.1 Å². The van der Waals surface area contributed by atoms with E-state index in [2.05, 4.69) is 93.2 Å². The monoisotopic (exact) mass is 546 g/mol. The lowest BCUT2D eigenvalue weighted by atomic mass is 9.84. The molecule has 9 nitrogen and oxygen atoms in total. The highest BCUT2D eigenvalue weighted by atomic mass is 16.2. The van der Waals surface area contributed by atoms with Gasteiger partial charge in [-0.25, -0.2) is 0 Å². The Hall–Kier alpha value is -2.58. The van der Waals surface area contributed by atoms with E-state index in [-0.39, 0.29) is 69.6 Å². The van der Waals surface area contributed by atoms with Crippen molar-refractivity contribution in [3.05, 3.63) is 0 Å². The third-order valence-corrected chi connectivity index (χ3v) is 5.87. The second kappa shape index (κ2) is 14.2. The molecule has 1 rings (SSSR count). The van der Waals surface area contributed by atoms with Crippen LogP contribution in [-0.4, -0.2) is 32.7 Å². The molecule has 9 heteroatoms. The van der Waals surface area contributed by atoms with Crippen molar-refractivity contribution in [2.24, 2.45) is 34.0 Å². The number of hydrogen-bond acceptors (Lipinski definition) is 6. The molecular weight excluding hydrogens is 492 g/mol. The summed E-state index contributed by atoms with van der Waals surface area (Å²) in [6, 6.07) is 0. The van der Waals surface area contributed by atoms with Gasteiger partial charge in [-0.2, -0.15) is 15.0 Å². The van der Waals surface area contributed by atoms with E-state index in [9.17, 15) is 14.4 Å². The van der Waals surface area contributed by atoms with Crippen molar-refractivity contribution in [3.8, 4) is 0 Å². The number of amides is 3. The predicted octanol–water partition coefficient (Wildman–Crippen LogP) is 7.07. The second-order valence-electron chi connectivity index (χ2n) is 15.2. The van der Waals surface area contributed by atoms with Gasteiger partial charge in [-0.3, -0.25) is 30.3 Å². The van der Waals surface area contributed by atoms with Crippen LogP contribution in [0.5, 0.6) is 0 Å². The molecule has 0 spiro atoms. The molecule has 0 fully saturated rings. The van der Waals surface area contributed by atoms with Gasteiger partial charge in [-0.05, 0) is 53.3 Å².